The lowest BCUT2D eigenvalue weighted by Crippen LogP contribution is -2.45. The van der Waals surface area contributed by atoms with Crippen LogP contribution >= 0.6 is 23.2 Å². The molecule has 2 atom stereocenters. The Labute approximate surface area is 151 Å². The van der Waals surface area contributed by atoms with Gasteiger partial charge in [0.05, 0.1) is 6.10 Å². The van der Waals surface area contributed by atoms with Crippen LogP contribution in [0.2, 0.25) is 28.2 Å². The number of benzene rings is 1. The Kier molecular flexibility index (Phi) is 7.58. The van der Waals surface area contributed by atoms with Crippen molar-refractivity contribution in [2.45, 2.75) is 58.0 Å². The summed E-state index contributed by atoms with van der Waals surface area (Å²) >= 11 is 12.7. The standard InChI is InChI=1S/C17H28Cl2O3Si/c1-12(22-23(6,7)17(2,3)4)16(21-11-20-5)15-13(18)9-8-10-14(15)19/h8-10,12,16H,11H2,1-7H3/t12-,16+/m1/s1. The molecule has 0 saturated heterocycles. The molecule has 0 aliphatic rings. The van der Waals surface area contributed by atoms with E-state index in [0.29, 0.717) is 10.0 Å². The maximum Gasteiger partial charge on any atom is 0.192 e. The third-order valence-electron chi connectivity index (χ3n) is 4.36. The Morgan fingerprint density at radius 2 is 1.65 bits per heavy atom. The van der Waals surface area contributed by atoms with Crippen molar-refractivity contribution in [2.75, 3.05) is 13.9 Å². The van der Waals surface area contributed by atoms with Gasteiger partial charge < -0.3 is 13.9 Å². The lowest BCUT2D eigenvalue weighted by molar-refractivity contribution is -0.107. The normalized spacial score (nSPS) is 15.5. The van der Waals surface area contributed by atoms with Crippen molar-refractivity contribution in [3.8, 4) is 0 Å². The molecular formula is C17H28Cl2O3Si. The summed E-state index contributed by atoms with van der Waals surface area (Å²) in [6.45, 7) is 13.2. The van der Waals surface area contributed by atoms with Gasteiger partial charge in [0.2, 0.25) is 0 Å². The molecule has 1 aromatic rings. The molecule has 0 N–H and O–H groups in total. The van der Waals surface area contributed by atoms with E-state index in [1.54, 1.807) is 7.11 Å². The maximum absolute atomic E-state index is 6.47. The fraction of sp³-hybridized carbons (Fsp3) is 0.647. The van der Waals surface area contributed by atoms with E-state index in [2.05, 4.69) is 33.9 Å². The number of hydrogen-bond acceptors (Lipinski definition) is 3. The molecule has 0 fully saturated rings. The zero-order valence-corrected chi connectivity index (χ0v) is 17.6. The van der Waals surface area contributed by atoms with E-state index in [9.17, 15) is 0 Å². The molecule has 0 saturated carbocycles. The summed E-state index contributed by atoms with van der Waals surface area (Å²) in [5, 5.41) is 1.26. The van der Waals surface area contributed by atoms with Crippen LogP contribution < -0.4 is 0 Å². The minimum Gasteiger partial charge on any atom is -0.411 e. The molecule has 0 spiro atoms. The van der Waals surface area contributed by atoms with Gasteiger partial charge in [-0.15, -0.1) is 0 Å². The third kappa shape index (κ3) is 5.45. The van der Waals surface area contributed by atoms with Crippen LogP contribution in [0.4, 0.5) is 0 Å². The highest BCUT2D eigenvalue weighted by Crippen LogP contribution is 2.41. The molecule has 0 aliphatic carbocycles. The lowest BCUT2D eigenvalue weighted by atomic mass is 10.1. The van der Waals surface area contributed by atoms with E-state index in [4.69, 9.17) is 37.1 Å². The first kappa shape index (κ1) is 20.9. The predicted molar refractivity (Wildman–Crippen MR) is 99.9 cm³/mol. The summed E-state index contributed by atoms with van der Waals surface area (Å²) in [5.74, 6) is 0. The molecule has 0 amide bonds. The summed E-state index contributed by atoms with van der Waals surface area (Å²) in [5.41, 5.74) is 0.749. The topological polar surface area (TPSA) is 27.7 Å². The molecule has 0 aliphatic heterocycles. The highest BCUT2D eigenvalue weighted by molar-refractivity contribution is 6.74. The summed E-state index contributed by atoms with van der Waals surface area (Å²) in [4.78, 5) is 0. The average molecular weight is 379 g/mol. The van der Waals surface area contributed by atoms with E-state index in [1.807, 2.05) is 25.1 Å². The van der Waals surface area contributed by atoms with Crippen LogP contribution in [0, 0.1) is 0 Å². The minimum absolute atomic E-state index is 0.108. The lowest BCUT2D eigenvalue weighted by Gasteiger charge is -2.40. The Hall–Kier alpha value is -0.103. The van der Waals surface area contributed by atoms with Crippen molar-refractivity contribution in [1.29, 1.82) is 0 Å². The highest BCUT2D eigenvalue weighted by Gasteiger charge is 2.40. The van der Waals surface area contributed by atoms with E-state index in [0.717, 1.165) is 5.56 Å². The Bertz CT molecular complexity index is 495. The number of hydrogen-bond donors (Lipinski definition) is 0. The van der Waals surface area contributed by atoms with Gasteiger partial charge in [0.15, 0.2) is 8.32 Å². The molecule has 23 heavy (non-hydrogen) atoms. The van der Waals surface area contributed by atoms with Gasteiger partial charge in [-0.2, -0.15) is 0 Å². The molecule has 0 radical (unpaired) electrons. The second-order valence-electron chi connectivity index (χ2n) is 7.21. The van der Waals surface area contributed by atoms with Crippen LogP contribution in [0.15, 0.2) is 18.2 Å². The van der Waals surface area contributed by atoms with E-state index < -0.39 is 8.32 Å². The van der Waals surface area contributed by atoms with Crippen molar-refractivity contribution < 1.29 is 13.9 Å². The van der Waals surface area contributed by atoms with Gasteiger partial charge in [-0.1, -0.05) is 50.0 Å². The average Bonchev–Trinajstić information content (AvgIpc) is 2.40. The van der Waals surface area contributed by atoms with Crippen molar-refractivity contribution in [3.05, 3.63) is 33.8 Å². The van der Waals surface area contributed by atoms with Gasteiger partial charge in [-0.05, 0) is 37.2 Å². The van der Waals surface area contributed by atoms with Gasteiger partial charge in [-0.3, -0.25) is 0 Å². The fourth-order valence-corrected chi connectivity index (χ4v) is 4.10. The Morgan fingerprint density at radius 3 is 2.09 bits per heavy atom. The van der Waals surface area contributed by atoms with E-state index in [1.165, 1.54) is 0 Å². The first-order valence-electron chi connectivity index (χ1n) is 7.73. The van der Waals surface area contributed by atoms with Crippen molar-refractivity contribution >= 4 is 31.5 Å². The number of ether oxygens (including phenoxy) is 2. The summed E-state index contributed by atoms with van der Waals surface area (Å²) in [6, 6.07) is 5.44. The summed E-state index contributed by atoms with van der Waals surface area (Å²) in [6.07, 6.45) is -0.575. The van der Waals surface area contributed by atoms with Crippen molar-refractivity contribution in [2.24, 2.45) is 0 Å². The summed E-state index contributed by atoms with van der Waals surface area (Å²) < 4.78 is 17.4. The first-order valence-corrected chi connectivity index (χ1v) is 11.4. The second kappa shape index (κ2) is 8.32. The van der Waals surface area contributed by atoms with Gasteiger partial charge >= 0.3 is 0 Å². The van der Waals surface area contributed by atoms with Crippen LogP contribution in [-0.2, 0) is 13.9 Å². The molecular weight excluding hydrogens is 351 g/mol. The van der Waals surface area contributed by atoms with Gasteiger partial charge in [0, 0.05) is 22.7 Å². The van der Waals surface area contributed by atoms with Crippen molar-refractivity contribution in [1.82, 2.24) is 0 Å². The minimum atomic E-state index is -1.94. The molecule has 1 aromatic carbocycles. The smallest absolute Gasteiger partial charge is 0.192 e. The molecule has 6 heteroatoms. The molecule has 0 bridgehead atoms. The van der Waals surface area contributed by atoms with Crippen molar-refractivity contribution in [3.63, 3.8) is 0 Å². The first-order chi connectivity index (χ1) is 10.5. The zero-order valence-electron chi connectivity index (χ0n) is 15.1. The quantitative estimate of drug-likeness (QED) is 0.425. The third-order valence-corrected chi connectivity index (χ3v) is 9.60. The van der Waals surface area contributed by atoms with Gasteiger partial charge in [-0.25, -0.2) is 0 Å². The Balaban J connectivity index is 3.12. The zero-order chi connectivity index (χ0) is 17.8. The molecule has 0 aromatic heterocycles. The van der Waals surface area contributed by atoms with Crippen LogP contribution in [0.25, 0.3) is 0 Å². The molecule has 1 rings (SSSR count). The fourth-order valence-electron chi connectivity index (χ4n) is 2.08. The molecule has 0 unspecified atom stereocenters. The van der Waals surface area contributed by atoms with Gasteiger partial charge in [0.1, 0.15) is 12.9 Å². The molecule has 0 heterocycles. The Morgan fingerprint density at radius 1 is 1.13 bits per heavy atom. The predicted octanol–water partition coefficient (Wildman–Crippen LogP) is 6.07. The van der Waals surface area contributed by atoms with Crippen LogP contribution in [0.1, 0.15) is 39.4 Å². The second-order valence-corrected chi connectivity index (χ2v) is 12.8. The monoisotopic (exact) mass is 378 g/mol. The molecule has 3 nitrogen and oxygen atoms in total. The highest BCUT2D eigenvalue weighted by atomic mass is 35.5. The number of halogens is 2. The largest absolute Gasteiger partial charge is 0.411 e. The summed E-state index contributed by atoms with van der Waals surface area (Å²) in [7, 11) is -0.357. The van der Waals surface area contributed by atoms with Gasteiger partial charge in [0.25, 0.3) is 0 Å². The van der Waals surface area contributed by atoms with Crippen LogP contribution in [-0.4, -0.2) is 28.3 Å². The van der Waals surface area contributed by atoms with E-state index in [-0.39, 0.29) is 24.0 Å². The maximum atomic E-state index is 6.47. The number of methoxy groups -OCH3 is 1. The van der Waals surface area contributed by atoms with Crippen LogP contribution in [0.3, 0.4) is 0 Å². The molecule has 132 valence electrons. The number of rotatable bonds is 7. The van der Waals surface area contributed by atoms with E-state index >= 15 is 0 Å². The van der Waals surface area contributed by atoms with Crippen LogP contribution in [0.5, 0.6) is 0 Å². The SMILES string of the molecule is COCO[C@H](c1c(Cl)cccc1Cl)[C@@H](C)O[Si](C)(C)C(C)(C)C.